The molecule has 0 heterocycles. The van der Waals surface area contributed by atoms with Gasteiger partial charge in [0.25, 0.3) is 0 Å². The van der Waals surface area contributed by atoms with Gasteiger partial charge in [0.2, 0.25) is 0 Å². The molecule has 0 aliphatic heterocycles. The maximum absolute atomic E-state index is 5.25. The molecule has 0 amide bonds. The Hall–Kier alpha value is -0.210. The fourth-order valence-corrected chi connectivity index (χ4v) is 0.450. The predicted molar refractivity (Wildman–Crippen MR) is 31.8 cm³/mol. The zero-order chi connectivity index (χ0) is 5.86. The van der Waals surface area contributed by atoms with Crippen molar-refractivity contribution in [2.45, 2.75) is 13.0 Å². The smallest absolute Gasteiger partial charge is 0.0966 e. The second-order valence-corrected chi connectivity index (χ2v) is 1.85. The van der Waals surface area contributed by atoms with Crippen molar-refractivity contribution in [2.75, 3.05) is 0 Å². The van der Waals surface area contributed by atoms with Gasteiger partial charge in [-0.15, -0.1) is 0 Å². The van der Waals surface area contributed by atoms with E-state index in [1.165, 1.54) is 0 Å². The van der Waals surface area contributed by atoms with Crippen molar-refractivity contribution in [2.24, 2.45) is 11.5 Å². The molecule has 7 heavy (non-hydrogen) atoms. The molecule has 0 radical (unpaired) electrons. The van der Waals surface area contributed by atoms with Crippen LogP contribution in [0.1, 0.15) is 6.92 Å². The molecule has 0 saturated heterocycles. The first kappa shape index (κ1) is 6.79. The molecule has 0 spiro atoms. The van der Waals surface area contributed by atoms with Crippen molar-refractivity contribution in [3.63, 3.8) is 0 Å². The lowest BCUT2D eigenvalue weighted by molar-refractivity contribution is 0.920. The third-order valence-electron chi connectivity index (χ3n) is 0.422. The molecule has 0 aliphatic carbocycles. The summed E-state index contributed by atoms with van der Waals surface area (Å²) in [5, 5.41) is 0.259. The molecule has 1 atom stereocenters. The molecule has 4 N–H and O–H groups in total. The Labute approximate surface area is 48.1 Å². The molecular formula is C4H9ClN2. The third-order valence-corrected chi connectivity index (χ3v) is 0.548. The van der Waals surface area contributed by atoms with Crippen LogP contribution in [0.15, 0.2) is 11.2 Å². The van der Waals surface area contributed by atoms with Crippen LogP contribution in [-0.4, -0.2) is 6.04 Å². The lowest BCUT2D eigenvalue weighted by Crippen LogP contribution is -2.12. The maximum Gasteiger partial charge on any atom is 0.0966 e. The quantitative estimate of drug-likeness (QED) is 0.492. The van der Waals surface area contributed by atoms with E-state index in [4.69, 9.17) is 23.1 Å². The second kappa shape index (κ2) is 2.88. The van der Waals surface area contributed by atoms with Crippen molar-refractivity contribution in [1.29, 1.82) is 0 Å². The van der Waals surface area contributed by atoms with Gasteiger partial charge in [0.05, 0.1) is 5.16 Å². The molecule has 0 rings (SSSR count). The molecule has 3 heteroatoms. The van der Waals surface area contributed by atoms with Crippen molar-refractivity contribution in [1.82, 2.24) is 0 Å². The number of hydrogen-bond donors (Lipinski definition) is 2. The summed E-state index contributed by atoms with van der Waals surface area (Å²) >= 11 is 5.23. The summed E-state index contributed by atoms with van der Waals surface area (Å²) in [5.41, 5.74) is 10.3. The summed E-state index contributed by atoms with van der Waals surface area (Å²) in [6.07, 6.45) is 1.57. The van der Waals surface area contributed by atoms with E-state index in [9.17, 15) is 0 Å². The van der Waals surface area contributed by atoms with Crippen LogP contribution < -0.4 is 11.5 Å². The van der Waals surface area contributed by atoms with Crippen LogP contribution in [0.5, 0.6) is 0 Å². The highest BCUT2D eigenvalue weighted by atomic mass is 35.5. The molecule has 0 aromatic rings. The van der Waals surface area contributed by atoms with Gasteiger partial charge in [0, 0.05) is 6.04 Å². The minimum atomic E-state index is -0.0440. The Morgan fingerprint density at radius 3 is 2.29 bits per heavy atom. The van der Waals surface area contributed by atoms with E-state index in [-0.39, 0.29) is 11.2 Å². The first-order valence-corrected chi connectivity index (χ1v) is 2.39. The van der Waals surface area contributed by atoms with E-state index in [2.05, 4.69) is 0 Å². The number of halogens is 1. The van der Waals surface area contributed by atoms with Gasteiger partial charge < -0.3 is 11.5 Å². The lowest BCUT2D eigenvalue weighted by atomic mass is 10.4. The highest BCUT2D eigenvalue weighted by Crippen LogP contribution is 1.89. The molecule has 0 fully saturated rings. The van der Waals surface area contributed by atoms with E-state index < -0.39 is 0 Å². The Kier molecular flexibility index (Phi) is 2.79. The topological polar surface area (TPSA) is 52.0 Å². The molecular weight excluding hydrogens is 112 g/mol. The lowest BCUT2D eigenvalue weighted by Gasteiger charge is -1.92. The average Bonchev–Trinajstić information content (AvgIpc) is 1.27. The molecule has 0 bridgehead atoms. The predicted octanol–water partition coefficient (Wildman–Crippen LogP) is 0.373. The van der Waals surface area contributed by atoms with Crippen LogP contribution in [0.4, 0.5) is 0 Å². The van der Waals surface area contributed by atoms with E-state index in [0.29, 0.717) is 0 Å². The number of nitrogens with two attached hydrogens (primary N) is 2. The highest BCUT2D eigenvalue weighted by molar-refractivity contribution is 6.28. The van der Waals surface area contributed by atoms with Crippen LogP contribution in [0.25, 0.3) is 0 Å². The molecule has 42 valence electrons. The van der Waals surface area contributed by atoms with Gasteiger partial charge in [0.1, 0.15) is 0 Å². The molecule has 0 aromatic carbocycles. The Morgan fingerprint density at radius 1 is 1.86 bits per heavy atom. The van der Waals surface area contributed by atoms with Gasteiger partial charge >= 0.3 is 0 Å². The second-order valence-electron chi connectivity index (χ2n) is 1.41. The van der Waals surface area contributed by atoms with Crippen LogP contribution in [0.3, 0.4) is 0 Å². The number of rotatable bonds is 1. The fraction of sp³-hybridized carbons (Fsp3) is 0.500. The third kappa shape index (κ3) is 5.79. The SMILES string of the molecule is CC(N)/C=C(\N)Cl. The molecule has 0 saturated carbocycles. The van der Waals surface area contributed by atoms with E-state index in [1.807, 2.05) is 0 Å². The monoisotopic (exact) mass is 120 g/mol. The van der Waals surface area contributed by atoms with E-state index in [1.54, 1.807) is 13.0 Å². The van der Waals surface area contributed by atoms with Gasteiger partial charge in [-0.2, -0.15) is 0 Å². The Morgan fingerprint density at radius 2 is 2.29 bits per heavy atom. The summed E-state index contributed by atoms with van der Waals surface area (Å²) in [7, 11) is 0. The molecule has 0 aromatic heterocycles. The average molecular weight is 121 g/mol. The summed E-state index contributed by atoms with van der Waals surface area (Å²) < 4.78 is 0. The van der Waals surface area contributed by atoms with Crippen LogP contribution in [-0.2, 0) is 0 Å². The minimum Gasteiger partial charge on any atom is -0.390 e. The normalized spacial score (nSPS) is 16.7. The van der Waals surface area contributed by atoms with Gasteiger partial charge in [-0.25, -0.2) is 0 Å². The van der Waals surface area contributed by atoms with Crippen molar-refractivity contribution in [3.05, 3.63) is 11.2 Å². The van der Waals surface area contributed by atoms with Gasteiger partial charge in [-0.05, 0) is 13.0 Å². The highest BCUT2D eigenvalue weighted by Gasteiger charge is 1.84. The van der Waals surface area contributed by atoms with E-state index in [0.717, 1.165) is 0 Å². The summed E-state index contributed by atoms with van der Waals surface area (Å²) in [4.78, 5) is 0. The zero-order valence-electron chi connectivity index (χ0n) is 4.19. The summed E-state index contributed by atoms with van der Waals surface area (Å²) in [5.74, 6) is 0. The van der Waals surface area contributed by atoms with Gasteiger partial charge in [-0.3, -0.25) is 0 Å². The largest absolute Gasteiger partial charge is 0.390 e. The van der Waals surface area contributed by atoms with Gasteiger partial charge in [-0.1, -0.05) is 11.6 Å². The van der Waals surface area contributed by atoms with E-state index >= 15 is 0 Å². The van der Waals surface area contributed by atoms with Crippen LogP contribution >= 0.6 is 11.6 Å². The van der Waals surface area contributed by atoms with Crippen molar-refractivity contribution >= 4 is 11.6 Å². The maximum atomic E-state index is 5.25. The van der Waals surface area contributed by atoms with Crippen molar-refractivity contribution < 1.29 is 0 Å². The Bertz CT molecular complexity index is 73.8. The Balaban J connectivity index is 3.45. The fourth-order valence-electron chi connectivity index (χ4n) is 0.251. The van der Waals surface area contributed by atoms with Crippen LogP contribution in [0, 0.1) is 0 Å². The standard InChI is InChI=1S/C4H9ClN2/c1-3(6)2-4(5)7/h2-3H,6-7H2,1H3/b4-2-. The summed E-state index contributed by atoms with van der Waals surface area (Å²) in [6.45, 7) is 1.80. The molecule has 1 unspecified atom stereocenters. The molecule has 2 nitrogen and oxygen atoms in total. The minimum absolute atomic E-state index is 0.0440. The molecule has 0 aliphatic rings. The first-order chi connectivity index (χ1) is 3.13. The van der Waals surface area contributed by atoms with Crippen molar-refractivity contribution in [3.8, 4) is 0 Å². The first-order valence-electron chi connectivity index (χ1n) is 2.01. The zero-order valence-corrected chi connectivity index (χ0v) is 4.94. The van der Waals surface area contributed by atoms with Crippen LogP contribution in [0.2, 0.25) is 0 Å². The summed E-state index contributed by atoms with van der Waals surface area (Å²) in [6, 6.07) is -0.0440. The number of hydrogen-bond acceptors (Lipinski definition) is 2. The van der Waals surface area contributed by atoms with Gasteiger partial charge in [0.15, 0.2) is 0 Å².